The van der Waals surface area contributed by atoms with Crippen molar-refractivity contribution in [2.75, 3.05) is 31.1 Å². The fraction of sp³-hybridized carbons (Fsp3) is 0.750. The minimum Gasteiger partial charge on any atom is -0.392 e. The Morgan fingerprint density at radius 3 is 2.68 bits per heavy atom. The summed E-state index contributed by atoms with van der Waals surface area (Å²) in [6, 6.07) is 0.183. The van der Waals surface area contributed by atoms with Crippen molar-refractivity contribution in [2.24, 2.45) is 5.73 Å². The number of aromatic nitrogens is 2. The maximum atomic E-state index is 5.71. The average molecular weight is 299 g/mol. The highest BCUT2D eigenvalue weighted by Gasteiger charge is 2.24. The van der Waals surface area contributed by atoms with E-state index >= 15 is 0 Å². The van der Waals surface area contributed by atoms with Gasteiger partial charge in [0.25, 0.3) is 0 Å². The number of thiocarbonyl (C=S) groups is 1. The molecule has 0 aliphatic carbocycles. The van der Waals surface area contributed by atoms with Crippen molar-refractivity contribution in [3.63, 3.8) is 0 Å². The van der Waals surface area contributed by atoms with E-state index < -0.39 is 0 Å². The van der Waals surface area contributed by atoms with Crippen LogP contribution in [0.2, 0.25) is 0 Å². The minimum atomic E-state index is 0.183. The molecule has 1 aromatic heterocycles. The summed E-state index contributed by atoms with van der Waals surface area (Å²) in [5.41, 5.74) is 5.71. The second-order valence-electron chi connectivity index (χ2n) is 4.84. The van der Waals surface area contributed by atoms with Crippen LogP contribution in [0.4, 0.5) is 5.13 Å². The number of nitrogens with zero attached hydrogens (tertiary/aromatic N) is 4. The molecule has 19 heavy (non-hydrogen) atoms. The van der Waals surface area contributed by atoms with Crippen molar-refractivity contribution in [3.8, 4) is 0 Å². The van der Waals surface area contributed by atoms with Crippen molar-refractivity contribution in [3.05, 3.63) is 5.82 Å². The zero-order valence-corrected chi connectivity index (χ0v) is 13.1. The summed E-state index contributed by atoms with van der Waals surface area (Å²) in [4.78, 5) is 9.80. The predicted octanol–water partition coefficient (Wildman–Crippen LogP) is 1.29. The van der Waals surface area contributed by atoms with E-state index in [0.717, 1.165) is 50.0 Å². The van der Waals surface area contributed by atoms with Gasteiger partial charge in [-0.1, -0.05) is 19.1 Å². The van der Waals surface area contributed by atoms with Crippen LogP contribution in [0.25, 0.3) is 0 Å². The van der Waals surface area contributed by atoms with Crippen molar-refractivity contribution in [1.82, 2.24) is 14.3 Å². The van der Waals surface area contributed by atoms with Crippen molar-refractivity contribution >= 4 is 33.9 Å². The third-order valence-corrected chi connectivity index (χ3v) is 4.63. The summed E-state index contributed by atoms with van der Waals surface area (Å²) in [7, 11) is 0. The highest BCUT2D eigenvalue weighted by molar-refractivity contribution is 7.80. The van der Waals surface area contributed by atoms with E-state index in [1.54, 1.807) is 0 Å². The number of hydrogen-bond donors (Lipinski definition) is 1. The van der Waals surface area contributed by atoms with Gasteiger partial charge in [-0.3, -0.25) is 4.90 Å². The predicted molar refractivity (Wildman–Crippen MR) is 83.9 cm³/mol. The Kier molecular flexibility index (Phi) is 5.06. The van der Waals surface area contributed by atoms with Crippen LogP contribution in [-0.4, -0.2) is 51.5 Å². The molecular weight excluding hydrogens is 278 g/mol. The molecular formula is C12H21N5S2. The summed E-state index contributed by atoms with van der Waals surface area (Å²) in [5, 5.41) is 1.05. The number of anilines is 1. The smallest absolute Gasteiger partial charge is 0.205 e. The summed E-state index contributed by atoms with van der Waals surface area (Å²) in [5.74, 6) is 0.974. The Labute approximate surface area is 124 Å². The van der Waals surface area contributed by atoms with Gasteiger partial charge in [-0.25, -0.2) is 4.98 Å². The second kappa shape index (κ2) is 6.58. The topological polar surface area (TPSA) is 58.3 Å². The molecule has 0 saturated carbocycles. The lowest BCUT2D eigenvalue weighted by molar-refractivity contribution is 0.239. The largest absolute Gasteiger partial charge is 0.392 e. The first-order valence-electron chi connectivity index (χ1n) is 6.72. The van der Waals surface area contributed by atoms with Gasteiger partial charge < -0.3 is 10.6 Å². The number of piperazine rings is 1. The average Bonchev–Trinajstić information content (AvgIpc) is 2.87. The van der Waals surface area contributed by atoms with Crippen LogP contribution in [0.5, 0.6) is 0 Å². The lowest BCUT2D eigenvalue weighted by Crippen LogP contribution is -2.52. The second-order valence-corrected chi connectivity index (χ2v) is 6.05. The zero-order valence-electron chi connectivity index (χ0n) is 11.5. The first kappa shape index (κ1) is 14.6. The molecule has 2 rings (SSSR count). The van der Waals surface area contributed by atoms with Gasteiger partial charge in [-0.2, -0.15) is 4.37 Å². The fourth-order valence-corrected chi connectivity index (χ4v) is 3.09. The Morgan fingerprint density at radius 2 is 2.11 bits per heavy atom. The van der Waals surface area contributed by atoms with Gasteiger partial charge in [0.05, 0.1) is 11.0 Å². The highest BCUT2D eigenvalue weighted by atomic mass is 32.1. The number of aryl methyl sites for hydroxylation is 1. The van der Waals surface area contributed by atoms with Crippen LogP contribution in [0.3, 0.4) is 0 Å². The van der Waals surface area contributed by atoms with Gasteiger partial charge in [0.1, 0.15) is 5.82 Å². The quantitative estimate of drug-likeness (QED) is 0.827. The van der Waals surface area contributed by atoms with Crippen molar-refractivity contribution in [2.45, 2.75) is 32.7 Å². The van der Waals surface area contributed by atoms with Crippen molar-refractivity contribution < 1.29 is 0 Å². The SMILES string of the molecule is CCCc1nsc(N2CCN(C(C)C(N)=S)CC2)n1. The maximum Gasteiger partial charge on any atom is 0.205 e. The molecule has 2 N–H and O–H groups in total. The molecule has 1 fully saturated rings. The third kappa shape index (κ3) is 3.61. The molecule has 0 amide bonds. The Hall–Kier alpha value is -0.790. The summed E-state index contributed by atoms with van der Waals surface area (Å²) < 4.78 is 4.40. The first-order chi connectivity index (χ1) is 9.11. The monoisotopic (exact) mass is 299 g/mol. The summed E-state index contributed by atoms with van der Waals surface area (Å²) in [6.07, 6.45) is 2.06. The van der Waals surface area contributed by atoms with E-state index in [1.807, 2.05) is 0 Å². The molecule has 1 aromatic rings. The molecule has 1 saturated heterocycles. The van der Waals surface area contributed by atoms with Crippen LogP contribution in [-0.2, 0) is 6.42 Å². The lowest BCUT2D eigenvalue weighted by atomic mass is 10.2. The molecule has 1 aliphatic heterocycles. The van der Waals surface area contributed by atoms with E-state index in [0.29, 0.717) is 4.99 Å². The number of hydrogen-bond acceptors (Lipinski definition) is 6. The summed E-state index contributed by atoms with van der Waals surface area (Å²) in [6.45, 7) is 8.10. The lowest BCUT2D eigenvalue weighted by Gasteiger charge is -2.37. The van der Waals surface area contributed by atoms with Crippen LogP contribution in [0, 0.1) is 0 Å². The van der Waals surface area contributed by atoms with E-state index in [2.05, 4.69) is 33.0 Å². The van der Waals surface area contributed by atoms with Crippen LogP contribution < -0.4 is 10.6 Å². The first-order valence-corrected chi connectivity index (χ1v) is 7.91. The highest BCUT2D eigenvalue weighted by Crippen LogP contribution is 2.20. The Morgan fingerprint density at radius 1 is 1.42 bits per heavy atom. The van der Waals surface area contributed by atoms with Crippen LogP contribution in [0.1, 0.15) is 26.1 Å². The van der Waals surface area contributed by atoms with Gasteiger partial charge in [0.15, 0.2) is 0 Å². The van der Waals surface area contributed by atoms with E-state index in [-0.39, 0.29) is 6.04 Å². The van der Waals surface area contributed by atoms with Gasteiger partial charge in [0.2, 0.25) is 5.13 Å². The molecule has 2 heterocycles. The molecule has 0 radical (unpaired) electrons. The zero-order chi connectivity index (χ0) is 13.8. The van der Waals surface area contributed by atoms with Crippen molar-refractivity contribution in [1.29, 1.82) is 0 Å². The molecule has 1 atom stereocenters. The molecule has 0 spiro atoms. The van der Waals surface area contributed by atoms with E-state index in [1.165, 1.54) is 11.5 Å². The van der Waals surface area contributed by atoms with Gasteiger partial charge in [-0.05, 0) is 13.3 Å². The standard InChI is InChI=1S/C12H21N5S2/c1-3-4-10-14-12(19-15-10)17-7-5-16(6-8-17)9(2)11(13)18/h9H,3-8H2,1-2H3,(H2,13,18). The van der Waals surface area contributed by atoms with Crippen LogP contribution in [0.15, 0.2) is 0 Å². The Bertz CT molecular complexity index is 426. The van der Waals surface area contributed by atoms with Crippen LogP contribution >= 0.6 is 23.8 Å². The molecule has 1 unspecified atom stereocenters. The van der Waals surface area contributed by atoms with Gasteiger partial charge in [0, 0.05) is 44.1 Å². The molecule has 5 nitrogen and oxygen atoms in total. The number of nitrogens with two attached hydrogens (primary N) is 1. The molecule has 0 bridgehead atoms. The molecule has 1 aliphatic rings. The van der Waals surface area contributed by atoms with Gasteiger partial charge >= 0.3 is 0 Å². The summed E-state index contributed by atoms with van der Waals surface area (Å²) >= 11 is 6.56. The van der Waals surface area contributed by atoms with Gasteiger partial charge in [-0.15, -0.1) is 0 Å². The maximum absolute atomic E-state index is 5.71. The number of rotatable bonds is 5. The minimum absolute atomic E-state index is 0.183. The normalized spacial score (nSPS) is 18.5. The van der Waals surface area contributed by atoms with E-state index in [4.69, 9.17) is 18.0 Å². The third-order valence-electron chi connectivity index (χ3n) is 3.48. The molecule has 106 valence electrons. The fourth-order valence-electron chi connectivity index (χ4n) is 2.18. The van der Waals surface area contributed by atoms with E-state index in [9.17, 15) is 0 Å². The molecule has 7 heteroatoms. The molecule has 0 aromatic carbocycles. The Balaban J connectivity index is 1.90.